The highest BCUT2D eigenvalue weighted by molar-refractivity contribution is 7.90. The SMILES string of the molecule is Cc1ccc(F)c(S(=O)(=O)NC(=O)c2cc3c(F)cc(N4CCC4)cc3o2)c1. The molecular weight excluding hydrogens is 390 g/mol. The molecule has 0 spiro atoms. The summed E-state index contributed by atoms with van der Waals surface area (Å²) in [6.45, 7) is 3.20. The number of fused-ring (bicyclic) bond motifs is 1. The van der Waals surface area contributed by atoms with E-state index in [0.717, 1.165) is 37.7 Å². The van der Waals surface area contributed by atoms with Crippen LogP contribution in [0.4, 0.5) is 14.5 Å². The number of sulfonamides is 1. The summed E-state index contributed by atoms with van der Waals surface area (Å²) in [4.78, 5) is 13.7. The van der Waals surface area contributed by atoms with E-state index in [-0.39, 0.29) is 16.7 Å². The molecule has 1 aliphatic heterocycles. The second kappa shape index (κ2) is 6.59. The minimum absolute atomic E-state index is 0.0635. The normalized spacial score (nSPS) is 14.2. The van der Waals surface area contributed by atoms with Crippen molar-refractivity contribution < 1.29 is 26.4 Å². The Labute approximate surface area is 159 Å². The largest absolute Gasteiger partial charge is 0.451 e. The Morgan fingerprint density at radius 1 is 1.11 bits per heavy atom. The van der Waals surface area contributed by atoms with Crippen molar-refractivity contribution >= 4 is 32.6 Å². The highest BCUT2D eigenvalue weighted by Gasteiger charge is 2.25. The summed E-state index contributed by atoms with van der Waals surface area (Å²) in [5, 5.41) is 0.0635. The Balaban J connectivity index is 1.65. The zero-order chi connectivity index (χ0) is 20.1. The van der Waals surface area contributed by atoms with Crippen molar-refractivity contribution in [3.63, 3.8) is 0 Å². The molecule has 0 unspecified atom stereocenters. The van der Waals surface area contributed by atoms with E-state index in [1.54, 1.807) is 17.7 Å². The fourth-order valence-electron chi connectivity index (χ4n) is 3.00. The molecule has 1 saturated heterocycles. The first-order valence-corrected chi connectivity index (χ1v) is 10.0. The van der Waals surface area contributed by atoms with Crippen LogP contribution in [-0.4, -0.2) is 27.4 Å². The summed E-state index contributed by atoms with van der Waals surface area (Å²) in [7, 11) is -4.46. The van der Waals surface area contributed by atoms with Crippen LogP contribution >= 0.6 is 0 Å². The zero-order valence-electron chi connectivity index (χ0n) is 14.8. The van der Waals surface area contributed by atoms with Gasteiger partial charge in [0, 0.05) is 30.9 Å². The van der Waals surface area contributed by atoms with Crippen LogP contribution in [0.15, 0.2) is 45.7 Å². The minimum atomic E-state index is -4.46. The lowest BCUT2D eigenvalue weighted by Gasteiger charge is -2.33. The number of hydrogen-bond acceptors (Lipinski definition) is 5. The van der Waals surface area contributed by atoms with Gasteiger partial charge in [0.25, 0.3) is 10.0 Å². The van der Waals surface area contributed by atoms with Gasteiger partial charge in [0.15, 0.2) is 5.76 Å². The predicted molar refractivity (Wildman–Crippen MR) is 98.8 cm³/mol. The van der Waals surface area contributed by atoms with Crippen LogP contribution in [0.1, 0.15) is 22.5 Å². The number of hydrogen-bond donors (Lipinski definition) is 1. The van der Waals surface area contributed by atoms with Gasteiger partial charge in [-0.3, -0.25) is 4.79 Å². The van der Waals surface area contributed by atoms with Gasteiger partial charge in [-0.2, -0.15) is 0 Å². The van der Waals surface area contributed by atoms with E-state index in [4.69, 9.17) is 4.42 Å². The van der Waals surface area contributed by atoms with Crippen molar-refractivity contribution in [2.75, 3.05) is 18.0 Å². The first-order chi connectivity index (χ1) is 13.2. The van der Waals surface area contributed by atoms with Crippen LogP contribution in [0.3, 0.4) is 0 Å². The molecule has 4 rings (SSSR count). The molecule has 2 heterocycles. The van der Waals surface area contributed by atoms with E-state index in [1.807, 2.05) is 4.90 Å². The lowest BCUT2D eigenvalue weighted by molar-refractivity contribution is 0.0956. The van der Waals surface area contributed by atoms with Crippen LogP contribution < -0.4 is 9.62 Å². The summed E-state index contributed by atoms with van der Waals surface area (Å²) in [6, 6.07) is 7.60. The number of benzene rings is 2. The number of furan rings is 1. The molecule has 6 nitrogen and oxygen atoms in total. The second-order valence-corrected chi connectivity index (χ2v) is 8.31. The van der Waals surface area contributed by atoms with E-state index in [0.29, 0.717) is 11.3 Å². The molecule has 9 heteroatoms. The molecule has 1 N–H and O–H groups in total. The summed E-state index contributed by atoms with van der Waals surface area (Å²) < 4.78 is 60.1. The smallest absolute Gasteiger partial charge is 0.300 e. The quantitative estimate of drug-likeness (QED) is 0.719. The Bertz CT molecular complexity index is 1200. The fourth-order valence-corrected chi connectivity index (χ4v) is 4.12. The Kier molecular flexibility index (Phi) is 4.34. The summed E-state index contributed by atoms with van der Waals surface area (Å²) in [6.07, 6.45) is 1.01. The molecule has 0 aliphatic carbocycles. The Hall–Kier alpha value is -2.94. The molecule has 0 radical (unpaired) electrons. The van der Waals surface area contributed by atoms with Gasteiger partial charge in [-0.1, -0.05) is 6.07 Å². The number of rotatable bonds is 4. The number of carbonyl (C=O) groups is 1. The van der Waals surface area contributed by atoms with Crippen molar-refractivity contribution in [1.82, 2.24) is 4.72 Å². The predicted octanol–water partition coefficient (Wildman–Crippen LogP) is 3.35. The van der Waals surface area contributed by atoms with Gasteiger partial charge in [0.2, 0.25) is 0 Å². The van der Waals surface area contributed by atoms with Crippen LogP contribution in [0.5, 0.6) is 0 Å². The van der Waals surface area contributed by atoms with Gasteiger partial charge in [-0.25, -0.2) is 21.9 Å². The molecule has 0 atom stereocenters. The van der Waals surface area contributed by atoms with Crippen LogP contribution in [0, 0.1) is 18.6 Å². The van der Waals surface area contributed by atoms with Crippen LogP contribution in [-0.2, 0) is 10.0 Å². The number of anilines is 1. The van der Waals surface area contributed by atoms with Gasteiger partial charge >= 0.3 is 5.91 Å². The van der Waals surface area contributed by atoms with Crippen LogP contribution in [0.25, 0.3) is 11.0 Å². The lowest BCUT2D eigenvalue weighted by atomic mass is 10.1. The van der Waals surface area contributed by atoms with Crippen molar-refractivity contribution in [1.29, 1.82) is 0 Å². The first kappa shape index (κ1) is 18.4. The van der Waals surface area contributed by atoms with Gasteiger partial charge in [0.1, 0.15) is 22.1 Å². The molecular formula is C19H16F2N2O4S. The summed E-state index contributed by atoms with van der Waals surface area (Å²) in [5.74, 6) is -3.05. The number of carbonyl (C=O) groups excluding carboxylic acids is 1. The van der Waals surface area contributed by atoms with Crippen molar-refractivity contribution in [3.8, 4) is 0 Å². The molecule has 1 amide bonds. The standard InChI is InChI=1S/C19H16F2N2O4S/c1-11-3-4-14(20)18(7-11)28(25,26)22-19(24)17-10-13-15(21)8-12(9-16(13)27-17)23-5-2-6-23/h3-4,7-10H,2,5-6H2,1H3,(H,22,24). The van der Waals surface area contributed by atoms with Gasteiger partial charge in [-0.15, -0.1) is 0 Å². The van der Waals surface area contributed by atoms with Crippen molar-refractivity contribution in [2.45, 2.75) is 18.2 Å². The van der Waals surface area contributed by atoms with E-state index in [1.165, 1.54) is 12.1 Å². The monoisotopic (exact) mass is 406 g/mol. The Morgan fingerprint density at radius 3 is 2.54 bits per heavy atom. The maximum atomic E-state index is 14.4. The third-order valence-electron chi connectivity index (χ3n) is 4.62. The van der Waals surface area contributed by atoms with Crippen molar-refractivity contribution in [3.05, 3.63) is 59.4 Å². The van der Waals surface area contributed by atoms with E-state index in [9.17, 15) is 22.0 Å². The van der Waals surface area contributed by atoms with E-state index < -0.39 is 32.5 Å². The zero-order valence-corrected chi connectivity index (χ0v) is 15.6. The first-order valence-electron chi connectivity index (χ1n) is 8.56. The average Bonchev–Trinajstić information content (AvgIpc) is 3.00. The number of amides is 1. The number of halogens is 2. The molecule has 1 fully saturated rings. The third-order valence-corrected chi connectivity index (χ3v) is 5.97. The van der Waals surface area contributed by atoms with E-state index >= 15 is 0 Å². The highest BCUT2D eigenvalue weighted by atomic mass is 32.2. The third kappa shape index (κ3) is 3.22. The summed E-state index contributed by atoms with van der Waals surface area (Å²) in [5.41, 5.74) is 1.27. The van der Waals surface area contributed by atoms with Crippen molar-refractivity contribution in [2.24, 2.45) is 0 Å². The maximum absolute atomic E-state index is 14.4. The number of nitrogens with zero attached hydrogens (tertiary/aromatic N) is 1. The summed E-state index contributed by atoms with van der Waals surface area (Å²) >= 11 is 0. The molecule has 3 aromatic rings. The second-order valence-electron chi connectivity index (χ2n) is 6.66. The number of aryl methyl sites for hydroxylation is 1. The Morgan fingerprint density at radius 2 is 1.86 bits per heavy atom. The van der Waals surface area contributed by atoms with Crippen LogP contribution in [0.2, 0.25) is 0 Å². The van der Waals surface area contributed by atoms with E-state index in [2.05, 4.69) is 0 Å². The van der Waals surface area contributed by atoms with Gasteiger partial charge in [-0.05, 0) is 37.1 Å². The maximum Gasteiger partial charge on any atom is 0.300 e. The van der Waals surface area contributed by atoms with Gasteiger partial charge in [0.05, 0.1) is 5.39 Å². The molecule has 28 heavy (non-hydrogen) atoms. The molecule has 1 aliphatic rings. The fraction of sp³-hybridized carbons (Fsp3) is 0.211. The lowest BCUT2D eigenvalue weighted by Crippen LogP contribution is -2.36. The molecule has 0 bridgehead atoms. The minimum Gasteiger partial charge on any atom is -0.451 e. The number of nitrogens with one attached hydrogen (secondary N) is 1. The molecule has 146 valence electrons. The van der Waals surface area contributed by atoms with Gasteiger partial charge < -0.3 is 9.32 Å². The molecule has 0 saturated carbocycles. The topological polar surface area (TPSA) is 79.6 Å². The molecule has 1 aromatic heterocycles. The highest BCUT2D eigenvalue weighted by Crippen LogP contribution is 2.30. The average molecular weight is 406 g/mol. The molecule has 2 aromatic carbocycles.